The summed E-state index contributed by atoms with van der Waals surface area (Å²) in [7, 11) is 0.854. The summed E-state index contributed by atoms with van der Waals surface area (Å²) in [5.74, 6) is 1.76. The van der Waals surface area contributed by atoms with Crippen LogP contribution in [0.3, 0.4) is 0 Å². The Morgan fingerprint density at radius 1 is 0.812 bits per heavy atom. The van der Waals surface area contributed by atoms with Crippen LogP contribution in [0.25, 0.3) is 16.9 Å². The number of nitrogens with zero attached hydrogens (tertiary/aromatic N) is 3. The largest absolute Gasteiger partial charge is 0.497 e. The fourth-order valence-electron chi connectivity index (χ4n) is 3.27. The van der Waals surface area contributed by atoms with Gasteiger partial charge in [0.1, 0.15) is 28.6 Å². The molecule has 8 nitrogen and oxygen atoms in total. The molecule has 4 aromatic rings. The lowest BCUT2D eigenvalue weighted by Crippen LogP contribution is -2.04. The van der Waals surface area contributed by atoms with Crippen LogP contribution in [0.15, 0.2) is 82.7 Å². The molecular formula is C23H21N3O5S. The van der Waals surface area contributed by atoms with Crippen LogP contribution in [-0.2, 0) is 9.84 Å². The molecule has 0 unspecified atom stereocenters. The van der Waals surface area contributed by atoms with E-state index in [4.69, 9.17) is 14.2 Å². The Morgan fingerprint density at radius 2 is 1.50 bits per heavy atom. The minimum absolute atomic E-state index is 0.138. The van der Waals surface area contributed by atoms with Crippen LogP contribution in [0.4, 0.5) is 0 Å². The van der Waals surface area contributed by atoms with Gasteiger partial charge in [0.05, 0.1) is 37.3 Å². The van der Waals surface area contributed by atoms with Crippen molar-refractivity contribution in [1.82, 2.24) is 15.0 Å². The summed E-state index contributed by atoms with van der Waals surface area (Å²) in [4.78, 5) is 0.300. The molecule has 0 saturated heterocycles. The van der Waals surface area contributed by atoms with Crippen LogP contribution >= 0.6 is 0 Å². The third kappa shape index (κ3) is 3.90. The summed E-state index contributed by atoms with van der Waals surface area (Å²) in [5, 5.41) is 8.40. The van der Waals surface area contributed by atoms with Crippen LogP contribution in [0.2, 0.25) is 0 Å². The van der Waals surface area contributed by atoms with Gasteiger partial charge in [0, 0.05) is 11.6 Å². The Kier molecular flexibility index (Phi) is 5.83. The molecule has 0 saturated carbocycles. The fraction of sp³-hybridized carbons (Fsp3) is 0.130. The van der Waals surface area contributed by atoms with E-state index >= 15 is 0 Å². The number of sulfone groups is 1. The van der Waals surface area contributed by atoms with E-state index < -0.39 is 9.84 Å². The van der Waals surface area contributed by atoms with Crippen molar-refractivity contribution < 1.29 is 22.6 Å². The molecule has 9 heteroatoms. The van der Waals surface area contributed by atoms with Crippen molar-refractivity contribution in [3.05, 3.63) is 72.9 Å². The molecule has 0 amide bonds. The Balaban J connectivity index is 1.77. The molecule has 0 aliphatic heterocycles. The highest BCUT2D eigenvalue weighted by molar-refractivity contribution is 7.91. The minimum atomic E-state index is -3.79. The lowest BCUT2D eigenvalue weighted by Gasteiger charge is -2.10. The van der Waals surface area contributed by atoms with Gasteiger partial charge >= 0.3 is 0 Å². The zero-order valence-corrected chi connectivity index (χ0v) is 18.5. The molecule has 0 aliphatic rings. The third-order valence-electron chi connectivity index (χ3n) is 4.95. The molecule has 0 spiro atoms. The first kappa shape index (κ1) is 21.4. The lowest BCUT2D eigenvalue weighted by atomic mass is 10.2. The van der Waals surface area contributed by atoms with Crippen molar-refractivity contribution in [3.8, 4) is 34.2 Å². The van der Waals surface area contributed by atoms with E-state index in [0.717, 1.165) is 0 Å². The predicted octanol–water partition coefficient (Wildman–Crippen LogP) is 3.79. The smallest absolute Gasteiger partial charge is 0.207 e. The number of aromatic nitrogens is 3. The molecule has 164 valence electrons. The van der Waals surface area contributed by atoms with Gasteiger partial charge in [-0.15, -0.1) is 5.10 Å². The van der Waals surface area contributed by atoms with Gasteiger partial charge in [-0.3, -0.25) is 0 Å². The number of hydrogen-bond donors (Lipinski definition) is 0. The van der Waals surface area contributed by atoms with Crippen LogP contribution < -0.4 is 14.2 Å². The van der Waals surface area contributed by atoms with Gasteiger partial charge < -0.3 is 14.2 Å². The van der Waals surface area contributed by atoms with Gasteiger partial charge in [-0.05, 0) is 42.5 Å². The summed E-state index contributed by atoms with van der Waals surface area (Å²) < 4.78 is 44.0. The van der Waals surface area contributed by atoms with E-state index in [1.807, 2.05) is 0 Å². The molecule has 0 bridgehead atoms. The van der Waals surface area contributed by atoms with Gasteiger partial charge in [0.25, 0.3) is 0 Å². The maximum Gasteiger partial charge on any atom is 0.207 e. The van der Waals surface area contributed by atoms with E-state index in [9.17, 15) is 8.42 Å². The molecule has 3 aromatic carbocycles. The van der Waals surface area contributed by atoms with Crippen LogP contribution in [0.1, 0.15) is 0 Å². The van der Waals surface area contributed by atoms with Crippen molar-refractivity contribution in [2.45, 2.75) is 9.79 Å². The summed E-state index contributed by atoms with van der Waals surface area (Å²) >= 11 is 0. The average Bonchev–Trinajstić information content (AvgIpc) is 3.33. The second kappa shape index (κ2) is 8.72. The Bertz CT molecular complexity index is 1350. The molecular weight excluding hydrogens is 430 g/mol. The zero-order valence-electron chi connectivity index (χ0n) is 17.7. The van der Waals surface area contributed by atoms with Gasteiger partial charge in [-0.25, -0.2) is 13.1 Å². The van der Waals surface area contributed by atoms with Gasteiger partial charge in [0.2, 0.25) is 9.84 Å². The molecule has 0 atom stereocenters. The first-order chi connectivity index (χ1) is 15.5. The lowest BCUT2D eigenvalue weighted by molar-refractivity contribution is 0.392. The second-order valence-electron chi connectivity index (χ2n) is 6.76. The predicted molar refractivity (Wildman–Crippen MR) is 118 cm³/mol. The molecule has 4 rings (SSSR count). The van der Waals surface area contributed by atoms with Crippen LogP contribution in [-0.4, -0.2) is 44.7 Å². The maximum atomic E-state index is 13.3. The van der Waals surface area contributed by atoms with Crippen molar-refractivity contribution >= 4 is 9.84 Å². The Morgan fingerprint density at radius 3 is 2.19 bits per heavy atom. The molecule has 1 aromatic heterocycles. The van der Waals surface area contributed by atoms with Gasteiger partial charge in [-0.1, -0.05) is 23.4 Å². The first-order valence-electron chi connectivity index (χ1n) is 9.61. The Labute approximate surface area is 185 Å². The van der Waals surface area contributed by atoms with Crippen molar-refractivity contribution in [3.63, 3.8) is 0 Å². The maximum absolute atomic E-state index is 13.3. The molecule has 0 radical (unpaired) electrons. The topological polar surface area (TPSA) is 92.5 Å². The molecule has 0 fully saturated rings. The SMILES string of the molecule is COc1ccc(S(=O)(=O)c2ccccc2-c2cn(-c3ccc(OC)cc3OC)nn2)cc1. The van der Waals surface area contributed by atoms with E-state index in [1.54, 1.807) is 75.0 Å². The number of methoxy groups -OCH3 is 3. The summed E-state index contributed by atoms with van der Waals surface area (Å²) in [6.07, 6.45) is 1.66. The van der Waals surface area contributed by atoms with Crippen LogP contribution in [0, 0.1) is 0 Å². The summed E-state index contributed by atoms with van der Waals surface area (Å²) in [5.41, 5.74) is 1.50. The van der Waals surface area contributed by atoms with Crippen molar-refractivity contribution in [2.75, 3.05) is 21.3 Å². The highest BCUT2D eigenvalue weighted by atomic mass is 32.2. The van der Waals surface area contributed by atoms with E-state index in [1.165, 1.54) is 23.9 Å². The quantitative estimate of drug-likeness (QED) is 0.422. The van der Waals surface area contributed by atoms with Crippen molar-refractivity contribution in [1.29, 1.82) is 0 Å². The highest BCUT2D eigenvalue weighted by Crippen LogP contribution is 2.32. The monoisotopic (exact) mass is 451 g/mol. The van der Waals surface area contributed by atoms with Crippen molar-refractivity contribution in [2.24, 2.45) is 0 Å². The number of benzene rings is 3. The average molecular weight is 452 g/mol. The fourth-order valence-corrected chi connectivity index (χ4v) is 4.74. The number of hydrogen-bond acceptors (Lipinski definition) is 7. The summed E-state index contributed by atoms with van der Waals surface area (Å²) in [6.45, 7) is 0. The number of ether oxygens (including phenoxy) is 3. The first-order valence-corrected chi connectivity index (χ1v) is 11.1. The Hall–Kier alpha value is -3.85. The van der Waals surface area contributed by atoms with Crippen LogP contribution in [0.5, 0.6) is 17.2 Å². The van der Waals surface area contributed by atoms with E-state index in [-0.39, 0.29) is 9.79 Å². The third-order valence-corrected chi connectivity index (χ3v) is 6.78. The number of rotatable bonds is 7. The molecule has 0 N–H and O–H groups in total. The second-order valence-corrected chi connectivity index (χ2v) is 8.68. The zero-order chi connectivity index (χ0) is 22.7. The van der Waals surface area contributed by atoms with Gasteiger partial charge in [0.15, 0.2) is 0 Å². The van der Waals surface area contributed by atoms with Gasteiger partial charge in [-0.2, -0.15) is 0 Å². The van der Waals surface area contributed by atoms with E-state index in [2.05, 4.69) is 10.3 Å². The molecule has 32 heavy (non-hydrogen) atoms. The molecule has 0 aliphatic carbocycles. The highest BCUT2D eigenvalue weighted by Gasteiger charge is 2.23. The van der Waals surface area contributed by atoms with E-state index in [0.29, 0.717) is 34.2 Å². The molecule has 1 heterocycles. The summed E-state index contributed by atoms with van der Waals surface area (Å²) in [6, 6.07) is 18.3. The minimum Gasteiger partial charge on any atom is -0.497 e. The normalized spacial score (nSPS) is 11.2. The standard InChI is InChI=1S/C23H21N3O5S/c1-29-16-8-11-18(12-9-16)32(27,28)23-7-5-4-6-19(23)20-15-26(25-24-20)21-13-10-17(30-2)14-22(21)31-3/h4-15H,1-3H3.